The Balaban J connectivity index is 1.34. The topological polar surface area (TPSA) is 137 Å². The van der Waals surface area contributed by atoms with Gasteiger partial charge in [-0.2, -0.15) is 5.26 Å². The molecule has 2 aliphatic rings. The van der Waals surface area contributed by atoms with Crippen molar-refractivity contribution >= 4 is 23.4 Å². The summed E-state index contributed by atoms with van der Waals surface area (Å²) in [5.74, 6) is -0.920. The Hall–Kier alpha value is -4.30. The average molecular weight is 477 g/mol. The predicted molar refractivity (Wildman–Crippen MR) is 123 cm³/mol. The molecule has 0 saturated carbocycles. The molecule has 35 heavy (non-hydrogen) atoms. The molecule has 4 rings (SSSR count). The van der Waals surface area contributed by atoms with Crippen LogP contribution in [0.5, 0.6) is 5.75 Å². The molecule has 0 N–H and O–H groups in total. The van der Waals surface area contributed by atoms with Crippen LogP contribution in [0.3, 0.4) is 0 Å². The van der Waals surface area contributed by atoms with E-state index in [1.165, 1.54) is 18.2 Å². The number of methoxy groups -OCH3 is 1. The molecule has 0 bridgehead atoms. The molecule has 0 aliphatic carbocycles. The zero-order valence-corrected chi connectivity index (χ0v) is 19.0. The van der Waals surface area contributed by atoms with Crippen LogP contribution in [-0.2, 0) is 4.79 Å². The fourth-order valence-corrected chi connectivity index (χ4v) is 4.42. The number of carbonyl (C=O) groups excluding carboxylic acids is 3. The van der Waals surface area contributed by atoms with Crippen LogP contribution < -0.4 is 4.74 Å². The maximum Gasteiger partial charge on any atom is 0.282 e. The SMILES string of the molecule is COc1ccc([C@@H](C#N)N2CCN(C(=O)CCN3C(=O)c4cccc([N+](=O)[O-])c4C3=O)CC2)cc1. The molecule has 3 amide bonds. The zero-order chi connectivity index (χ0) is 25.1. The molecule has 0 radical (unpaired) electrons. The van der Waals surface area contributed by atoms with E-state index in [9.17, 15) is 29.8 Å². The number of amides is 3. The van der Waals surface area contributed by atoms with Crippen LogP contribution in [-0.4, -0.2) is 77.2 Å². The van der Waals surface area contributed by atoms with Crippen LogP contribution in [0, 0.1) is 21.4 Å². The van der Waals surface area contributed by atoms with Crippen molar-refractivity contribution in [1.82, 2.24) is 14.7 Å². The average Bonchev–Trinajstić information content (AvgIpc) is 3.13. The highest BCUT2D eigenvalue weighted by Gasteiger charge is 2.41. The summed E-state index contributed by atoms with van der Waals surface area (Å²) in [6.07, 6.45) is -0.0839. The molecule has 0 spiro atoms. The first-order chi connectivity index (χ1) is 16.8. The summed E-state index contributed by atoms with van der Waals surface area (Å²) in [6.45, 7) is 1.64. The van der Waals surface area contributed by atoms with Gasteiger partial charge in [0.1, 0.15) is 17.4 Å². The number of hydrogen-bond acceptors (Lipinski definition) is 8. The summed E-state index contributed by atoms with van der Waals surface area (Å²) in [7, 11) is 1.57. The van der Waals surface area contributed by atoms with E-state index in [1.807, 2.05) is 17.0 Å². The molecule has 11 heteroatoms. The maximum atomic E-state index is 12.8. The quantitative estimate of drug-likeness (QED) is 0.335. The van der Waals surface area contributed by atoms with E-state index in [2.05, 4.69) is 6.07 Å². The lowest BCUT2D eigenvalue weighted by Crippen LogP contribution is -2.50. The standard InChI is InChI=1S/C24H23N5O6/c1-35-17-7-5-16(6-8-17)20(15-25)26-11-13-27(14-12-26)21(30)9-10-28-23(31)18-3-2-4-19(29(33)34)22(18)24(28)32/h2-8,20H,9-14H2,1H3/t20-/m1/s1. The van der Waals surface area contributed by atoms with Gasteiger partial charge < -0.3 is 9.64 Å². The monoisotopic (exact) mass is 477 g/mol. The van der Waals surface area contributed by atoms with Crippen LogP contribution in [0.15, 0.2) is 42.5 Å². The Labute approximate surface area is 201 Å². The Morgan fingerprint density at radius 2 is 1.80 bits per heavy atom. The molecular weight excluding hydrogens is 454 g/mol. The second-order valence-electron chi connectivity index (χ2n) is 8.19. The van der Waals surface area contributed by atoms with E-state index in [-0.39, 0.29) is 30.0 Å². The number of nitro benzene ring substituents is 1. The molecule has 0 unspecified atom stereocenters. The summed E-state index contributed by atoms with van der Waals surface area (Å²) in [5.41, 5.74) is 0.165. The largest absolute Gasteiger partial charge is 0.497 e. The minimum atomic E-state index is -0.758. The number of nitro groups is 1. The van der Waals surface area contributed by atoms with Gasteiger partial charge in [-0.05, 0) is 23.8 Å². The molecular formula is C24H23N5O6. The number of carbonyl (C=O) groups is 3. The minimum Gasteiger partial charge on any atom is -0.497 e. The molecule has 1 atom stereocenters. The van der Waals surface area contributed by atoms with E-state index >= 15 is 0 Å². The number of imide groups is 1. The first kappa shape index (κ1) is 23.8. The van der Waals surface area contributed by atoms with Crippen molar-refractivity contribution < 1.29 is 24.0 Å². The minimum absolute atomic E-state index is 0.0219. The summed E-state index contributed by atoms with van der Waals surface area (Å²) >= 11 is 0. The van der Waals surface area contributed by atoms with E-state index in [0.717, 1.165) is 10.5 Å². The third-order valence-corrected chi connectivity index (χ3v) is 6.31. The Bertz CT molecular complexity index is 1210. The van der Waals surface area contributed by atoms with Gasteiger partial charge >= 0.3 is 0 Å². The van der Waals surface area contributed by atoms with Crippen LogP contribution in [0.2, 0.25) is 0 Å². The molecule has 1 fully saturated rings. The van der Waals surface area contributed by atoms with Crippen LogP contribution >= 0.6 is 0 Å². The molecule has 2 aromatic carbocycles. The van der Waals surface area contributed by atoms with Crippen molar-refractivity contribution in [3.8, 4) is 11.8 Å². The second-order valence-corrected chi connectivity index (χ2v) is 8.19. The number of nitrogens with zero attached hydrogens (tertiary/aromatic N) is 5. The summed E-state index contributed by atoms with van der Waals surface area (Å²) in [5, 5.41) is 20.9. The molecule has 2 aromatic rings. The molecule has 2 heterocycles. The number of piperazine rings is 1. The van der Waals surface area contributed by atoms with E-state index in [1.54, 1.807) is 24.1 Å². The van der Waals surface area contributed by atoms with E-state index in [0.29, 0.717) is 31.9 Å². The van der Waals surface area contributed by atoms with Gasteiger partial charge in [-0.3, -0.25) is 34.3 Å². The summed E-state index contributed by atoms with van der Waals surface area (Å²) < 4.78 is 5.16. The highest BCUT2D eigenvalue weighted by atomic mass is 16.6. The highest BCUT2D eigenvalue weighted by Crippen LogP contribution is 2.31. The molecule has 180 valence electrons. The lowest BCUT2D eigenvalue weighted by Gasteiger charge is -2.37. The molecule has 1 saturated heterocycles. The van der Waals surface area contributed by atoms with Crippen LogP contribution in [0.1, 0.15) is 38.7 Å². The van der Waals surface area contributed by atoms with Crippen molar-refractivity contribution in [2.24, 2.45) is 0 Å². The lowest BCUT2D eigenvalue weighted by molar-refractivity contribution is -0.385. The Morgan fingerprint density at radius 1 is 1.11 bits per heavy atom. The smallest absolute Gasteiger partial charge is 0.282 e. The molecule has 0 aromatic heterocycles. The highest BCUT2D eigenvalue weighted by molar-refractivity contribution is 6.23. The van der Waals surface area contributed by atoms with E-state index < -0.39 is 28.5 Å². The Morgan fingerprint density at radius 3 is 2.40 bits per heavy atom. The van der Waals surface area contributed by atoms with Crippen LogP contribution in [0.25, 0.3) is 0 Å². The number of hydrogen-bond donors (Lipinski definition) is 0. The summed E-state index contributed by atoms with van der Waals surface area (Å²) in [6, 6.07) is 13.1. The fourth-order valence-electron chi connectivity index (χ4n) is 4.42. The normalized spacial score (nSPS) is 16.6. The molecule has 2 aliphatic heterocycles. The van der Waals surface area contributed by atoms with Gasteiger partial charge in [0, 0.05) is 45.2 Å². The predicted octanol–water partition coefficient (Wildman–Crippen LogP) is 2.00. The van der Waals surface area contributed by atoms with Crippen molar-refractivity contribution in [1.29, 1.82) is 5.26 Å². The van der Waals surface area contributed by atoms with Gasteiger partial charge in [0.05, 0.1) is 23.7 Å². The number of rotatable bonds is 7. The number of benzene rings is 2. The second kappa shape index (κ2) is 9.90. The van der Waals surface area contributed by atoms with Gasteiger partial charge in [0.15, 0.2) is 0 Å². The first-order valence-electron chi connectivity index (χ1n) is 11.0. The lowest BCUT2D eigenvalue weighted by atomic mass is 10.1. The fraction of sp³-hybridized carbons (Fsp3) is 0.333. The van der Waals surface area contributed by atoms with Crippen molar-refractivity contribution in [2.45, 2.75) is 12.5 Å². The van der Waals surface area contributed by atoms with Gasteiger partial charge in [0.2, 0.25) is 5.91 Å². The van der Waals surface area contributed by atoms with Gasteiger partial charge in [-0.15, -0.1) is 0 Å². The van der Waals surface area contributed by atoms with Gasteiger partial charge in [0.25, 0.3) is 17.5 Å². The maximum absolute atomic E-state index is 12.8. The zero-order valence-electron chi connectivity index (χ0n) is 19.0. The van der Waals surface area contributed by atoms with Gasteiger partial charge in [-0.1, -0.05) is 18.2 Å². The number of ether oxygens (including phenoxy) is 1. The van der Waals surface area contributed by atoms with E-state index in [4.69, 9.17) is 4.74 Å². The Kier molecular flexibility index (Phi) is 6.75. The number of fused-ring (bicyclic) bond motifs is 1. The van der Waals surface area contributed by atoms with Crippen molar-refractivity contribution in [3.63, 3.8) is 0 Å². The third-order valence-electron chi connectivity index (χ3n) is 6.31. The van der Waals surface area contributed by atoms with Crippen LogP contribution in [0.4, 0.5) is 5.69 Å². The molecule has 11 nitrogen and oxygen atoms in total. The van der Waals surface area contributed by atoms with Crippen molar-refractivity contribution in [3.05, 3.63) is 69.3 Å². The van der Waals surface area contributed by atoms with Crippen molar-refractivity contribution in [2.75, 3.05) is 39.8 Å². The number of nitriles is 1. The summed E-state index contributed by atoms with van der Waals surface area (Å²) in [4.78, 5) is 53.1. The van der Waals surface area contributed by atoms with Gasteiger partial charge in [-0.25, -0.2) is 0 Å². The third kappa shape index (κ3) is 4.56. The first-order valence-corrected chi connectivity index (χ1v) is 11.0.